The molecule has 0 saturated heterocycles. The molecule has 2 aromatic heterocycles. The fraction of sp³-hybridized carbons (Fsp3) is 0.0769. The number of benzene rings is 1. The van der Waals surface area contributed by atoms with Crippen LogP contribution in [0.15, 0.2) is 33.3 Å². The highest BCUT2D eigenvalue weighted by Crippen LogP contribution is 2.37. The summed E-state index contributed by atoms with van der Waals surface area (Å²) in [4.78, 5) is 16.9. The molecule has 0 radical (unpaired) electrons. The third-order valence-electron chi connectivity index (χ3n) is 2.78. The average molecular weight is 429 g/mol. The van der Waals surface area contributed by atoms with Gasteiger partial charge in [-0.2, -0.15) is 0 Å². The molecular formula is C13H7Br2N3O2S. The minimum Gasteiger partial charge on any atom is -0.419 e. The molecule has 1 aromatic carbocycles. The van der Waals surface area contributed by atoms with Gasteiger partial charge in [0.05, 0.1) is 10.2 Å². The van der Waals surface area contributed by atoms with E-state index in [1.165, 1.54) is 0 Å². The molecule has 0 atom stereocenters. The maximum Gasteiger partial charge on any atom is 0.357 e. The van der Waals surface area contributed by atoms with Crippen LogP contribution in [-0.2, 0) is 0 Å². The van der Waals surface area contributed by atoms with Crippen molar-refractivity contribution in [1.82, 2.24) is 14.6 Å². The van der Waals surface area contributed by atoms with Gasteiger partial charge < -0.3 is 4.74 Å². The van der Waals surface area contributed by atoms with Gasteiger partial charge in [0, 0.05) is 16.1 Å². The third-order valence-corrected chi connectivity index (χ3v) is 4.84. The number of pyridine rings is 1. The van der Waals surface area contributed by atoms with E-state index in [1.807, 2.05) is 18.2 Å². The summed E-state index contributed by atoms with van der Waals surface area (Å²) in [6.07, 6.45) is 1.65. The van der Waals surface area contributed by atoms with E-state index in [-0.39, 0.29) is 0 Å². The van der Waals surface area contributed by atoms with Gasteiger partial charge in [0.1, 0.15) is 5.52 Å². The Morgan fingerprint density at radius 3 is 2.86 bits per heavy atom. The summed E-state index contributed by atoms with van der Waals surface area (Å²) in [5.41, 5.74) is 1.15. The second kappa shape index (κ2) is 5.78. The van der Waals surface area contributed by atoms with Gasteiger partial charge in [0.2, 0.25) is 0 Å². The van der Waals surface area contributed by atoms with Crippen molar-refractivity contribution in [2.75, 3.05) is 0 Å². The molecule has 8 heteroatoms. The van der Waals surface area contributed by atoms with Gasteiger partial charge in [-0.3, -0.25) is 4.98 Å². The largest absolute Gasteiger partial charge is 0.419 e. The first kappa shape index (κ1) is 14.6. The van der Waals surface area contributed by atoms with E-state index in [0.717, 1.165) is 21.4 Å². The Hall–Kier alpha value is -1.38. The number of aryl methyl sites for hydroxylation is 1. The zero-order valence-electron chi connectivity index (χ0n) is 10.6. The predicted molar refractivity (Wildman–Crippen MR) is 86.7 cm³/mol. The summed E-state index contributed by atoms with van der Waals surface area (Å²) in [5.74, 6) is -0.107. The maximum atomic E-state index is 12.2. The Labute approximate surface area is 140 Å². The molecule has 0 aliphatic rings. The molecule has 21 heavy (non-hydrogen) atoms. The van der Waals surface area contributed by atoms with E-state index in [0.29, 0.717) is 26.3 Å². The van der Waals surface area contributed by atoms with E-state index in [4.69, 9.17) is 4.74 Å². The van der Waals surface area contributed by atoms with Crippen molar-refractivity contribution in [2.45, 2.75) is 6.92 Å². The fourth-order valence-corrected chi connectivity index (χ4v) is 3.69. The van der Waals surface area contributed by atoms with E-state index in [2.05, 4.69) is 46.4 Å². The van der Waals surface area contributed by atoms with Crippen LogP contribution in [0.4, 0.5) is 0 Å². The minimum atomic E-state index is -0.488. The number of hydrogen-bond donors (Lipinski definition) is 0. The lowest BCUT2D eigenvalue weighted by Gasteiger charge is -2.10. The molecular weight excluding hydrogens is 422 g/mol. The van der Waals surface area contributed by atoms with Crippen LogP contribution in [-0.4, -0.2) is 20.5 Å². The van der Waals surface area contributed by atoms with Crippen molar-refractivity contribution in [3.05, 3.63) is 43.9 Å². The fourth-order valence-electron chi connectivity index (χ4n) is 1.80. The second-order valence-electron chi connectivity index (χ2n) is 4.15. The highest BCUT2D eigenvalue weighted by Gasteiger charge is 2.20. The van der Waals surface area contributed by atoms with Gasteiger partial charge in [-0.1, -0.05) is 26.5 Å². The first-order chi connectivity index (χ1) is 10.1. The second-order valence-corrected chi connectivity index (χ2v) is 6.61. The summed E-state index contributed by atoms with van der Waals surface area (Å²) >= 11 is 7.88. The molecule has 2 heterocycles. The van der Waals surface area contributed by atoms with Crippen LogP contribution in [0.5, 0.6) is 5.75 Å². The van der Waals surface area contributed by atoms with Crippen molar-refractivity contribution in [3.8, 4) is 5.75 Å². The Bertz CT molecular complexity index is 851. The van der Waals surface area contributed by atoms with Gasteiger partial charge in [-0.15, -0.1) is 5.10 Å². The van der Waals surface area contributed by atoms with Gasteiger partial charge >= 0.3 is 5.97 Å². The summed E-state index contributed by atoms with van der Waals surface area (Å²) in [6, 6.07) is 5.55. The molecule has 0 N–H and O–H groups in total. The summed E-state index contributed by atoms with van der Waals surface area (Å²) in [5, 5.41) is 4.67. The Balaban J connectivity index is 2.09. The standard InChI is InChI=1S/C13H7Br2N3O2S/c1-6-12(21-18-17-6)13(19)20-11-9(15)5-8(14)7-3-2-4-16-10(7)11/h2-5H,1H3. The highest BCUT2D eigenvalue weighted by atomic mass is 79.9. The third kappa shape index (κ3) is 2.70. The number of hydrogen-bond acceptors (Lipinski definition) is 6. The molecule has 106 valence electrons. The summed E-state index contributed by atoms with van der Waals surface area (Å²) in [7, 11) is 0. The maximum absolute atomic E-state index is 12.2. The molecule has 3 aromatic rings. The number of carbonyl (C=O) groups is 1. The number of aromatic nitrogens is 3. The molecule has 3 rings (SSSR count). The van der Waals surface area contributed by atoms with Gasteiger partial charge in [0.15, 0.2) is 10.6 Å². The van der Waals surface area contributed by atoms with E-state index in [1.54, 1.807) is 13.1 Å². The monoisotopic (exact) mass is 427 g/mol. The number of ether oxygens (including phenoxy) is 1. The Kier molecular flexibility index (Phi) is 4.01. The number of halogens is 2. The first-order valence-corrected chi connectivity index (χ1v) is 8.17. The average Bonchev–Trinajstić information content (AvgIpc) is 2.89. The number of fused-ring (bicyclic) bond motifs is 1. The van der Waals surface area contributed by atoms with E-state index >= 15 is 0 Å². The van der Waals surface area contributed by atoms with Gasteiger partial charge in [-0.05, 0) is 46.5 Å². The van der Waals surface area contributed by atoms with Crippen LogP contribution in [0.1, 0.15) is 15.4 Å². The van der Waals surface area contributed by atoms with Crippen molar-refractivity contribution in [2.24, 2.45) is 0 Å². The van der Waals surface area contributed by atoms with Crippen molar-refractivity contribution in [3.63, 3.8) is 0 Å². The highest BCUT2D eigenvalue weighted by molar-refractivity contribution is 9.11. The normalized spacial score (nSPS) is 10.8. The molecule has 5 nitrogen and oxygen atoms in total. The summed E-state index contributed by atoms with van der Waals surface area (Å²) < 4.78 is 10.8. The molecule has 0 aliphatic carbocycles. The van der Waals surface area contributed by atoms with E-state index in [9.17, 15) is 4.79 Å². The van der Waals surface area contributed by atoms with E-state index < -0.39 is 5.97 Å². The van der Waals surface area contributed by atoms with Crippen LogP contribution in [0.25, 0.3) is 10.9 Å². The Morgan fingerprint density at radius 1 is 1.33 bits per heavy atom. The number of rotatable bonds is 2. The Morgan fingerprint density at radius 2 is 2.14 bits per heavy atom. The zero-order valence-corrected chi connectivity index (χ0v) is 14.6. The molecule has 0 aliphatic heterocycles. The molecule has 0 saturated carbocycles. The van der Waals surface area contributed by atoms with Crippen LogP contribution < -0.4 is 4.74 Å². The minimum absolute atomic E-state index is 0.381. The van der Waals surface area contributed by atoms with Gasteiger partial charge in [0.25, 0.3) is 0 Å². The SMILES string of the molecule is Cc1nnsc1C(=O)Oc1c(Br)cc(Br)c2cccnc12. The van der Waals surface area contributed by atoms with Crippen LogP contribution >= 0.6 is 43.4 Å². The quantitative estimate of drug-likeness (QED) is 0.453. The van der Waals surface area contributed by atoms with Crippen molar-refractivity contribution in [1.29, 1.82) is 0 Å². The van der Waals surface area contributed by atoms with Crippen molar-refractivity contribution < 1.29 is 9.53 Å². The van der Waals surface area contributed by atoms with Crippen LogP contribution in [0, 0.1) is 6.92 Å². The number of carbonyl (C=O) groups excluding carboxylic acids is 1. The van der Waals surface area contributed by atoms with Crippen molar-refractivity contribution >= 4 is 60.3 Å². The lowest BCUT2D eigenvalue weighted by molar-refractivity contribution is 0.0739. The smallest absolute Gasteiger partial charge is 0.357 e. The molecule has 0 amide bonds. The predicted octanol–water partition coefficient (Wildman–Crippen LogP) is 4.14. The topological polar surface area (TPSA) is 65.0 Å². The zero-order chi connectivity index (χ0) is 15.0. The first-order valence-electron chi connectivity index (χ1n) is 5.82. The molecule has 0 spiro atoms. The van der Waals surface area contributed by atoms with Gasteiger partial charge in [-0.25, -0.2) is 4.79 Å². The lowest BCUT2D eigenvalue weighted by atomic mass is 10.2. The van der Waals surface area contributed by atoms with Crippen LogP contribution in [0.3, 0.4) is 0 Å². The number of esters is 1. The van der Waals surface area contributed by atoms with Crippen LogP contribution in [0.2, 0.25) is 0 Å². The molecule has 0 bridgehead atoms. The molecule has 0 unspecified atom stereocenters. The summed E-state index contributed by atoms with van der Waals surface area (Å²) in [6.45, 7) is 1.72. The number of nitrogens with zero attached hydrogens (tertiary/aromatic N) is 3. The molecule has 0 fully saturated rings. The lowest BCUT2D eigenvalue weighted by Crippen LogP contribution is -2.09.